The van der Waals surface area contributed by atoms with Crippen LogP contribution in [0.5, 0.6) is 0 Å². The second-order valence-corrected chi connectivity index (χ2v) is 17.6. The second-order valence-electron chi connectivity index (χ2n) is 17.6. The monoisotopic (exact) mass is 850 g/mol. The summed E-state index contributed by atoms with van der Waals surface area (Å²) in [7, 11) is 0. The van der Waals surface area contributed by atoms with Gasteiger partial charge in [0.05, 0.1) is 16.8 Å². The molecule has 312 valence electrons. The first-order valence-electron chi connectivity index (χ1n) is 23.1. The molecule has 1 heterocycles. The van der Waals surface area contributed by atoms with Gasteiger partial charge in [-0.1, -0.05) is 237 Å². The fourth-order valence-electron chi connectivity index (χ4n) is 10.8. The molecule has 0 bridgehead atoms. The SMILES string of the molecule is c1ccc(-c2ccc(-c3cc4c(cc3-c3ccc(-c5ccc(-c6nc(-c7ccccc7)cc(-c7ccccc7)n6)cc5)cc3)C3(c5ccccc5-c5ccccc53)c3ccccc3-4)cc2)cc1. The van der Waals surface area contributed by atoms with Crippen molar-refractivity contribution in [2.45, 2.75) is 5.41 Å². The molecule has 0 atom stereocenters. The molecule has 2 nitrogen and oxygen atoms in total. The largest absolute Gasteiger partial charge is 0.228 e. The van der Waals surface area contributed by atoms with Gasteiger partial charge in [0.1, 0.15) is 0 Å². The molecule has 0 saturated carbocycles. The van der Waals surface area contributed by atoms with Gasteiger partial charge in [0.2, 0.25) is 0 Å². The molecule has 0 amide bonds. The number of fused-ring (bicyclic) bond motifs is 10. The van der Waals surface area contributed by atoms with E-state index in [-0.39, 0.29) is 0 Å². The number of nitrogens with zero attached hydrogens (tertiary/aromatic N) is 2. The Morgan fingerprint density at radius 2 is 0.537 bits per heavy atom. The maximum Gasteiger partial charge on any atom is 0.160 e. The molecule has 2 heteroatoms. The van der Waals surface area contributed by atoms with Gasteiger partial charge in [-0.05, 0) is 107 Å². The van der Waals surface area contributed by atoms with Crippen LogP contribution in [0.2, 0.25) is 0 Å². The summed E-state index contributed by atoms with van der Waals surface area (Å²) in [5.74, 6) is 0.704. The van der Waals surface area contributed by atoms with E-state index in [0.29, 0.717) is 5.82 Å². The molecular weight excluding hydrogens is 809 g/mol. The Kier molecular flexibility index (Phi) is 9.11. The Bertz CT molecular complexity index is 3530. The van der Waals surface area contributed by atoms with Crippen molar-refractivity contribution in [3.8, 4) is 101 Å². The highest BCUT2D eigenvalue weighted by Crippen LogP contribution is 2.63. The quantitative estimate of drug-likeness (QED) is 0.160. The Labute approximate surface area is 391 Å². The van der Waals surface area contributed by atoms with Gasteiger partial charge in [0, 0.05) is 16.7 Å². The summed E-state index contributed by atoms with van der Waals surface area (Å²) in [6, 6.07) is 92.5. The van der Waals surface area contributed by atoms with Crippen LogP contribution in [0.25, 0.3) is 101 Å². The average Bonchev–Trinajstić information content (AvgIpc) is 3.88. The van der Waals surface area contributed by atoms with E-state index < -0.39 is 5.41 Å². The van der Waals surface area contributed by atoms with Gasteiger partial charge in [-0.3, -0.25) is 0 Å². The predicted octanol–water partition coefficient (Wildman–Crippen LogP) is 16.5. The highest BCUT2D eigenvalue weighted by Gasteiger charge is 2.51. The third-order valence-electron chi connectivity index (χ3n) is 14.0. The lowest BCUT2D eigenvalue weighted by Crippen LogP contribution is -2.25. The summed E-state index contributed by atoms with van der Waals surface area (Å²) in [6.07, 6.45) is 0. The fraction of sp³-hybridized carbons (Fsp3) is 0.0154. The van der Waals surface area contributed by atoms with E-state index in [1.54, 1.807) is 0 Å². The van der Waals surface area contributed by atoms with Crippen LogP contribution in [-0.4, -0.2) is 9.97 Å². The summed E-state index contributed by atoms with van der Waals surface area (Å²) in [5, 5.41) is 0. The maximum absolute atomic E-state index is 5.08. The molecule has 67 heavy (non-hydrogen) atoms. The second kappa shape index (κ2) is 15.8. The van der Waals surface area contributed by atoms with Crippen molar-refractivity contribution in [1.82, 2.24) is 9.97 Å². The number of hydrogen-bond acceptors (Lipinski definition) is 2. The lowest BCUT2D eigenvalue weighted by atomic mass is 9.70. The highest BCUT2D eigenvalue weighted by atomic mass is 14.9. The third-order valence-corrected chi connectivity index (χ3v) is 14.0. The van der Waals surface area contributed by atoms with Crippen molar-refractivity contribution in [1.29, 1.82) is 0 Å². The van der Waals surface area contributed by atoms with Crippen LogP contribution in [-0.2, 0) is 5.41 Å². The Hall–Kier alpha value is -8.72. The minimum absolute atomic E-state index is 0.433. The van der Waals surface area contributed by atoms with Crippen LogP contribution >= 0.6 is 0 Å². The van der Waals surface area contributed by atoms with Crippen LogP contribution in [0.1, 0.15) is 22.3 Å². The highest BCUT2D eigenvalue weighted by molar-refractivity contribution is 5.99. The minimum Gasteiger partial charge on any atom is -0.228 e. The van der Waals surface area contributed by atoms with Crippen LogP contribution in [0, 0.1) is 0 Å². The molecule has 0 N–H and O–H groups in total. The lowest BCUT2D eigenvalue weighted by molar-refractivity contribution is 0.794. The molecule has 0 fully saturated rings. The standard InChI is InChI=1S/C65H42N2/c1-4-16-43(17-5-1)44-28-34-47(35-29-44)55-40-57-54-24-12-15-27-60(54)65(58-25-13-10-22-52(58)53-23-11-14-26-59(53)65)61(57)41-56(55)48-36-30-45(31-37-48)46-32-38-51(39-33-46)64-66-62(49-18-6-2-7-19-49)42-63(67-64)50-20-8-3-9-21-50/h1-42H. The topological polar surface area (TPSA) is 25.8 Å². The minimum atomic E-state index is -0.433. The Morgan fingerprint density at radius 3 is 0.985 bits per heavy atom. The summed E-state index contributed by atoms with van der Waals surface area (Å²) in [4.78, 5) is 10.2. The first kappa shape index (κ1) is 38.7. The van der Waals surface area contributed by atoms with Gasteiger partial charge >= 0.3 is 0 Å². The van der Waals surface area contributed by atoms with Crippen LogP contribution < -0.4 is 0 Å². The number of hydrogen-bond donors (Lipinski definition) is 0. The molecular formula is C65H42N2. The summed E-state index contributed by atoms with van der Waals surface area (Å²) in [5.41, 5.74) is 24.6. The molecule has 0 unspecified atom stereocenters. The molecule has 2 aliphatic rings. The van der Waals surface area contributed by atoms with Crippen LogP contribution in [0.4, 0.5) is 0 Å². The summed E-state index contributed by atoms with van der Waals surface area (Å²) in [6.45, 7) is 0. The van der Waals surface area contributed by atoms with Crippen molar-refractivity contribution >= 4 is 0 Å². The van der Waals surface area contributed by atoms with E-state index in [2.05, 4.69) is 243 Å². The van der Waals surface area contributed by atoms with Crippen LogP contribution in [0.3, 0.4) is 0 Å². The molecule has 0 aliphatic heterocycles. The zero-order chi connectivity index (χ0) is 44.3. The van der Waals surface area contributed by atoms with Crippen molar-refractivity contribution in [3.63, 3.8) is 0 Å². The molecule has 10 aromatic carbocycles. The maximum atomic E-state index is 5.08. The number of rotatable bonds is 7. The summed E-state index contributed by atoms with van der Waals surface area (Å²) >= 11 is 0. The van der Waals surface area contributed by atoms with Crippen LogP contribution in [0.15, 0.2) is 255 Å². The normalized spacial score (nSPS) is 12.6. The van der Waals surface area contributed by atoms with E-state index in [1.807, 2.05) is 12.1 Å². The first-order chi connectivity index (χ1) is 33.2. The first-order valence-corrected chi connectivity index (χ1v) is 23.1. The molecule has 2 aliphatic carbocycles. The van der Waals surface area contributed by atoms with E-state index >= 15 is 0 Å². The summed E-state index contributed by atoms with van der Waals surface area (Å²) < 4.78 is 0. The third kappa shape index (κ3) is 6.33. The van der Waals surface area contributed by atoms with E-state index in [4.69, 9.17) is 9.97 Å². The van der Waals surface area contributed by atoms with Crippen molar-refractivity contribution in [2.75, 3.05) is 0 Å². The molecule has 11 aromatic rings. The molecule has 1 aromatic heterocycles. The van der Waals surface area contributed by atoms with Gasteiger partial charge < -0.3 is 0 Å². The lowest BCUT2D eigenvalue weighted by Gasteiger charge is -2.31. The van der Waals surface area contributed by atoms with Gasteiger partial charge in [0.15, 0.2) is 5.82 Å². The molecule has 1 spiro atoms. The molecule has 0 saturated heterocycles. The predicted molar refractivity (Wildman–Crippen MR) is 276 cm³/mol. The van der Waals surface area contributed by atoms with Gasteiger partial charge in [-0.15, -0.1) is 0 Å². The van der Waals surface area contributed by atoms with Gasteiger partial charge in [-0.2, -0.15) is 0 Å². The van der Waals surface area contributed by atoms with Crippen molar-refractivity contribution in [3.05, 3.63) is 277 Å². The molecule has 13 rings (SSSR count). The van der Waals surface area contributed by atoms with Gasteiger partial charge in [-0.25, -0.2) is 9.97 Å². The zero-order valence-electron chi connectivity index (χ0n) is 36.6. The van der Waals surface area contributed by atoms with Gasteiger partial charge in [0.25, 0.3) is 0 Å². The number of aromatic nitrogens is 2. The van der Waals surface area contributed by atoms with Crippen molar-refractivity contribution < 1.29 is 0 Å². The van der Waals surface area contributed by atoms with E-state index in [0.717, 1.165) is 39.2 Å². The smallest absolute Gasteiger partial charge is 0.160 e. The van der Waals surface area contributed by atoms with E-state index in [9.17, 15) is 0 Å². The van der Waals surface area contributed by atoms with Crippen molar-refractivity contribution in [2.24, 2.45) is 0 Å². The Morgan fingerprint density at radius 1 is 0.209 bits per heavy atom. The number of benzene rings is 10. The molecule has 0 radical (unpaired) electrons. The zero-order valence-corrected chi connectivity index (χ0v) is 36.6. The fourth-order valence-corrected chi connectivity index (χ4v) is 10.8. The average molecular weight is 851 g/mol. The Balaban J connectivity index is 0.928. The van der Waals surface area contributed by atoms with E-state index in [1.165, 1.54) is 77.9 Å².